The first-order valence-electron chi connectivity index (χ1n) is 5.94. The summed E-state index contributed by atoms with van der Waals surface area (Å²) in [5.41, 5.74) is 1.08. The summed E-state index contributed by atoms with van der Waals surface area (Å²) in [6, 6.07) is 6.75. The Labute approximate surface area is 126 Å². The molecule has 0 unspecified atom stereocenters. The second-order valence-electron chi connectivity index (χ2n) is 4.16. The molecule has 3 heterocycles. The average Bonchev–Trinajstić information content (AvgIpc) is 2.88. The lowest BCUT2D eigenvalue weighted by atomic mass is 10.3. The molecule has 0 aromatic carbocycles. The molecule has 108 valence electrons. The third kappa shape index (κ3) is 2.46. The molecule has 0 bridgehead atoms. The largest absolute Gasteiger partial charge is 0.494 e. The van der Waals surface area contributed by atoms with Crippen LogP contribution in [-0.4, -0.2) is 26.7 Å². The van der Waals surface area contributed by atoms with Crippen molar-refractivity contribution in [3.05, 3.63) is 40.8 Å². The first-order chi connectivity index (χ1) is 10.1. The van der Waals surface area contributed by atoms with Gasteiger partial charge in [-0.25, -0.2) is 23.3 Å². The molecule has 0 N–H and O–H groups in total. The molecule has 21 heavy (non-hydrogen) atoms. The highest BCUT2D eigenvalue weighted by Gasteiger charge is 2.19. The summed E-state index contributed by atoms with van der Waals surface area (Å²) < 4.78 is 33.0. The Kier molecular flexibility index (Phi) is 3.54. The van der Waals surface area contributed by atoms with Crippen LogP contribution in [0.3, 0.4) is 0 Å². The fourth-order valence-corrected chi connectivity index (χ4v) is 2.30. The number of imidazole rings is 1. The molecule has 5 nitrogen and oxygen atoms in total. The summed E-state index contributed by atoms with van der Waals surface area (Å²) in [6.07, 6.45) is -1.21. The van der Waals surface area contributed by atoms with Crippen molar-refractivity contribution in [1.82, 2.24) is 19.6 Å². The number of hydrogen-bond donors (Lipinski definition) is 0. The zero-order valence-corrected chi connectivity index (χ0v) is 12.4. The zero-order chi connectivity index (χ0) is 15.0. The second kappa shape index (κ2) is 5.36. The molecule has 3 aromatic rings. The maximum atomic E-state index is 13.0. The lowest BCUT2D eigenvalue weighted by Crippen LogP contribution is -2.04. The van der Waals surface area contributed by atoms with Gasteiger partial charge in [0.15, 0.2) is 17.1 Å². The number of halogens is 3. The van der Waals surface area contributed by atoms with Gasteiger partial charge in [0.25, 0.3) is 6.43 Å². The Morgan fingerprint density at radius 2 is 2.14 bits per heavy atom. The van der Waals surface area contributed by atoms with Crippen molar-refractivity contribution in [3.63, 3.8) is 0 Å². The minimum Gasteiger partial charge on any atom is -0.494 e. The summed E-state index contributed by atoms with van der Waals surface area (Å²) in [5, 5.41) is 3.94. The fourth-order valence-electron chi connectivity index (χ4n) is 1.95. The van der Waals surface area contributed by atoms with Crippen LogP contribution in [0, 0.1) is 0 Å². The third-order valence-corrected chi connectivity index (χ3v) is 3.33. The number of aromatic nitrogens is 4. The molecule has 0 fully saturated rings. The summed E-state index contributed by atoms with van der Waals surface area (Å²) in [7, 11) is 1.32. The molecule has 0 amide bonds. The molecule has 0 saturated heterocycles. The molecule has 0 aliphatic carbocycles. The van der Waals surface area contributed by atoms with Crippen LogP contribution in [0.1, 0.15) is 12.1 Å². The Bertz CT molecular complexity index is 806. The van der Waals surface area contributed by atoms with Crippen molar-refractivity contribution in [3.8, 4) is 17.1 Å². The van der Waals surface area contributed by atoms with Gasteiger partial charge in [-0.15, -0.1) is 0 Å². The van der Waals surface area contributed by atoms with Crippen LogP contribution in [0.25, 0.3) is 17.0 Å². The Morgan fingerprint density at radius 1 is 1.33 bits per heavy atom. The van der Waals surface area contributed by atoms with Crippen molar-refractivity contribution in [1.29, 1.82) is 0 Å². The van der Waals surface area contributed by atoms with Crippen molar-refractivity contribution < 1.29 is 13.5 Å². The van der Waals surface area contributed by atoms with Gasteiger partial charge in [0.1, 0.15) is 10.3 Å². The smallest absolute Gasteiger partial charge is 0.285 e. The summed E-state index contributed by atoms with van der Waals surface area (Å²) >= 11 is 3.27. The first kappa shape index (κ1) is 13.9. The number of nitrogens with zero attached hydrogens (tertiary/aromatic N) is 4. The van der Waals surface area contributed by atoms with Crippen molar-refractivity contribution >= 4 is 21.6 Å². The van der Waals surface area contributed by atoms with E-state index < -0.39 is 12.1 Å². The molecule has 0 aliphatic rings. The minimum atomic E-state index is -2.74. The highest BCUT2D eigenvalue weighted by molar-refractivity contribution is 9.10. The number of pyridine rings is 1. The number of methoxy groups -OCH3 is 1. The summed E-state index contributed by atoms with van der Waals surface area (Å²) in [5.74, 6) is 0.0110. The van der Waals surface area contributed by atoms with Crippen LogP contribution < -0.4 is 4.74 Å². The van der Waals surface area contributed by atoms with Crippen LogP contribution in [0.2, 0.25) is 0 Å². The molecule has 3 rings (SSSR count). The van der Waals surface area contributed by atoms with Gasteiger partial charge < -0.3 is 4.74 Å². The zero-order valence-electron chi connectivity index (χ0n) is 10.8. The number of alkyl halides is 2. The lowest BCUT2D eigenvalue weighted by Gasteiger charge is -2.08. The maximum Gasteiger partial charge on any atom is 0.285 e. The Balaban J connectivity index is 2.24. The fraction of sp³-hybridized carbons (Fsp3) is 0.154. The normalized spacial score (nSPS) is 11.3. The average molecular weight is 355 g/mol. The van der Waals surface area contributed by atoms with Gasteiger partial charge in [0.2, 0.25) is 0 Å². The predicted molar refractivity (Wildman–Crippen MR) is 75.4 cm³/mol. The van der Waals surface area contributed by atoms with E-state index in [1.165, 1.54) is 23.9 Å². The molecule has 0 aliphatic heterocycles. The Morgan fingerprint density at radius 3 is 2.81 bits per heavy atom. The molecule has 3 aromatic heterocycles. The maximum absolute atomic E-state index is 13.0. The van der Waals surface area contributed by atoms with Gasteiger partial charge in [-0.2, -0.15) is 5.10 Å². The van der Waals surface area contributed by atoms with E-state index in [9.17, 15) is 8.78 Å². The van der Waals surface area contributed by atoms with Crippen LogP contribution in [0.5, 0.6) is 5.75 Å². The highest BCUT2D eigenvalue weighted by atomic mass is 79.9. The molecule has 0 atom stereocenters. The van der Waals surface area contributed by atoms with Crippen molar-refractivity contribution in [2.75, 3.05) is 7.11 Å². The lowest BCUT2D eigenvalue weighted by molar-refractivity contribution is 0.139. The second-order valence-corrected chi connectivity index (χ2v) is 4.97. The van der Waals surface area contributed by atoms with E-state index in [0.29, 0.717) is 21.6 Å². The van der Waals surface area contributed by atoms with Crippen LogP contribution in [-0.2, 0) is 0 Å². The number of rotatable bonds is 3. The van der Waals surface area contributed by atoms with Crippen LogP contribution in [0.15, 0.2) is 35.1 Å². The van der Waals surface area contributed by atoms with E-state index in [2.05, 4.69) is 31.0 Å². The molecule has 8 heteroatoms. The number of fused-ring (bicyclic) bond motifs is 1. The van der Waals surface area contributed by atoms with Gasteiger partial charge in [-0.3, -0.25) is 0 Å². The van der Waals surface area contributed by atoms with Gasteiger partial charge in [0, 0.05) is 6.07 Å². The SMILES string of the molecule is COc1cc2ncc(-c3cccc(Br)n3)n2nc1C(F)F. The highest BCUT2D eigenvalue weighted by Crippen LogP contribution is 2.29. The van der Waals surface area contributed by atoms with E-state index >= 15 is 0 Å². The molecule has 0 radical (unpaired) electrons. The number of hydrogen-bond acceptors (Lipinski definition) is 4. The van der Waals surface area contributed by atoms with Gasteiger partial charge in [0.05, 0.1) is 19.0 Å². The van der Waals surface area contributed by atoms with E-state index in [-0.39, 0.29) is 5.75 Å². The van der Waals surface area contributed by atoms with E-state index in [4.69, 9.17) is 4.74 Å². The van der Waals surface area contributed by atoms with E-state index in [1.54, 1.807) is 18.2 Å². The summed E-state index contributed by atoms with van der Waals surface area (Å²) in [4.78, 5) is 8.43. The molecule has 0 spiro atoms. The standard InChI is InChI=1S/C13H9BrF2N4O/c1-21-9-5-11-17-6-8(7-3-2-4-10(14)18-7)20(11)19-12(9)13(15)16/h2-6,13H,1H3. The third-order valence-electron chi connectivity index (χ3n) is 2.89. The predicted octanol–water partition coefficient (Wildman–Crippen LogP) is 3.50. The quantitative estimate of drug-likeness (QED) is 0.675. The molecule has 0 saturated carbocycles. The summed E-state index contributed by atoms with van der Waals surface area (Å²) in [6.45, 7) is 0. The van der Waals surface area contributed by atoms with Crippen molar-refractivity contribution in [2.24, 2.45) is 0 Å². The van der Waals surface area contributed by atoms with Gasteiger partial charge in [-0.05, 0) is 28.1 Å². The monoisotopic (exact) mass is 354 g/mol. The molecular formula is C13H9BrF2N4O. The van der Waals surface area contributed by atoms with E-state index in [1.807, 2.05) is 0 Å². The van der Waals surface area contributed by atoms with E-state index in [0.717, 1.165) is 0 Å². The van der Waals surface area contributed by atoms with Crippen LogP contribution >= 0.6 is 15.9 Å². The Hall–Kier alpha value is -2.09. The molecular weight excluding hydrogens is 346 g/mol. The topological polar surface area (TPSA) is 52.3 Å². The van der Waals surface area contributed by atoms with Gasteiger partial charge >= 0.3 is 0 Å². The number of ether oxygens (including phenoxy) is 1. The van der Waals surface area contributed by atoms with Gasteiger partial charge in [-0.1, -0.05) is 6.07 Å². The van der Waals surface area contributed by atoms with Crippen molar-refractivity contribution in [2.45, 2.75) is 6.43 Å². The van der Waals surface area contributed by atoms with Crippen LogP contribution in [0.4, 0.5) is 8.78 Å². The minimum absolute atomic E-state index is 0.0110. The first-order valence-corrected chi connectivity index (χ1v) is 6.73.